The summed E-state index contributed by atoms with van der Waals surface area (Å²) in [6.45, 7) is 0. The van der Waals surface area contributed by atoms with Gasteiger partial charge < -0.3 is 14.6 Å². The fourth-order valence-electron chi connectivity index (χ4n) is 1.03. The Bertz CT molecular complexity index is 362. The fourth-order valence-corrected chi connectivity index (χ4v) is 1.62. The summed E-state index contributed by atoms with van der Waals surface area (Å²) in [5.74, 6) is -0.237. The molecule has 0 saturated heterocycles. The van der Waals surface area contributed by atoms with Crippen LogP contribution in [0.3, 0.4) is 0 Å². The van der Waals surface area contributed by atoms with Crippen molar-refractivity contribution >= 4 is 21.9 Å². The van der Waals surface area contributed by atoms with Crippen LogP contribution >= 0.6 is 15.9 Å². The Morgan fingerprint density at radius 3 is 2.57 bits per heavy atom. The van der Waals surface area contributed by atoms with Crippen molar-refractivity contribution in [2.24, 2.45) is 0 Å². The highest BCUT2D eigenvalue weighted by Crippen LogP contribution is 2.32. The van der Waals surface area contributed by atoms with E-state index >= 15 is 0 Å². The standard InChI is InChI=1S/C9H9BrO4/c1-13-7-4-5(11)3-6(10)8(7)9(12)14-2/h3-4,11H,1-2H3. The zero-order valence-corrected chi connectivity index (χ0v) is 9.29. The van der Waals surface area contributed by atoms with Crippen LogP contribution in [0.5, 0.6) is 11.5 Å². The number of phenolic OH excluding ortho intramolecular Hbond substituents is 1. The molecule has 0 aliphatic heterocycles. The molecule has 0 amide bonds. The number of carbonyl (C=O) groups excluding carboxylic acids is 1. The molecule has 0 fully saturated rings. The molecule has 5 heteroatoms. The second kappa shape index (κ2) is 4.32. The summed E-state index contributed by atoms with van der Waals surface area (Å²) >= 11 is 3.14. The van der Waals surface area contributed by atoms with Gasteiger partial charge >= 0.3 is 5.97 Å². The van der Waals surface area contributed by atoms with Crippen LogP contribution in [0.2, 0.25) is 0 Å². The van der Waals surface area contributed by atoms with Gasteiger partial charge in [-0.15, -0.1) is 0 Å². The third-order valence-electron chi connectivity index (χ3n) is 1.65. The zero-order valence-electron chi connectivity index (χ0n) is 7.70. The first kappa shape index (κ1) is 10.8. The van der Waals surface area contributed by atoms with Gasteiger partial charge in [-0.2, -0.15) is 0 Å². The summed E-state index contributed by atoms with van der Waals surface area (Å²) in [4.78, 5) is 11.3. The predicted octanol–water partition coefficient (Wildman–Crippen LogP) is 1.95. The van der Waals surface area contributed by atoms with Crippen molar-refractivity contribution < 1.29 is 19.4 Å². The number of halogens is 1. The van der Waals surface area contributed by atoms with Gasteiger partial charge in [-0.25, -0.2) is 4.79 Å². The third-order valence-corrected chi connectivity index (χ3v) is 2.27. The minimum absolute atomic E-state index is 0.0152. The van der Waals surface area contributed by atoms with Gasteiger partial charge in [0.2, 0.25) is 0 Å². The van der Waals surface area contributed by atoms with Gasteiger partial charge in [0.05, 0.1) is 14.2 Å². The maximum Gasteiger partial charge on any atom is 0.342 e. The van der Waals surface area contributed by atoms with E-state index in [1.807, 2.05) is 0 Å². The highest BCUT2D eigenvalue weighted by atomic mass is 79.9. The van der Waals surface area contributed by atoms with E-state index < -0.39 is 5.97 Å². The van der Waals surface area contributed by atoms with E-state index in [-0.39, 0.29) is 17.1 Å². The summed E-state index contributed by atoms with van der Waals surface area (Å²) in [6.07, 6.45) is 0. The molecule has 1 rings (SSSR count). The number of rotatable bonds is 2. The van der Waals surface area contributed by atoms with Crippen LogP contribution in [0, 0.1) is 0 Å². The molecule has 0 heterocycles. The summed E-state index contributed by atoms with van der Waals surface area (Å²) in [7, 11) is 2.69. The van der Waals surface area contributed by atoms with Crippen molar-refractivity contribution in [3.63, 3.8) is 0 Å². The Hall–Kier alpha value is -1.23. The largest absolute Gasteiger partial charge is 0.508 e. The topological polar surface area (TPSA) is 55.8 Å². The molecular weight excluding hydrogens is 252 g/mol. The maximum absolute atomic E-state index is 11.3. The van der Waals surface area contributed by atoms with Crippen LogP contribution in [0.15, 0.2) is 16.6 Å². The van der Waals surface area contributed by atoms with Crippen LogP contribution in [0.25, 0.3) is 0 Å². The number of benzene rings is 1. The molecule has 14 heavy (non-hydrogen) atoms. The van der Waals surface area contributed by atoms with Crippen molar-refractivity contribution in [1.82, 2.24) is 0 Å². The predicted molar refractivity (Wildman–Crippen MR) is 53.7 cm³/mol. The lowest BCUT2D eigenvalue weighted by Gasteiger charge is -2.08. The average molecular weight is 261 g/mol. The van der Waals surface area contributed by atoms with E-state index in [0.717, 1.165) is 0 Å². The van der Waals surface area contributed by atoms with E-state index in [9.17, 15) is 9.90 Å². The normalized spacial score (nSPS) is 9.64. The van der Waals surface area contributed by atoms with Gasteiger partial charge in [0.15, 0.2) is 0 Å². The Labute approximate surface area is 89.6 Å². The number of carbonyl (C=O) groups is 1. The highest BCUT2D eigenvalue weighted by Gasteiger charge is 2.17. The summed E-state index contributed by atoms with van der Waals surface area (Å²) in [5.41, 5.74) is 0.257. The minimum atomic E-state index is -0.520. The highest BCUT2D eigenvalue weighted by molar-refractivity contribution is 9.10. The first-order valence-corrected chi connectivity index (χ1v) is 4.54. The van der Waals surface area contributed by atoms with Crippen LogP contribution < -0.4 is 4.74 Å². The van der Waals surface area contributed by atoms with E-state index in [2.05, 4.69) is 20.7 Å². The van der Waals surface area contributed by atoms with Gasteiger partial charge in [-0.3, -0.25) is 0 Å². The van der Waals surface area contributed by atoms with Gasteiger partial charge in [0.25, 0.3) is 0 Å². The second-order valence-corrected chi connectivity index (χ2v) is 3.35. The number of ether oxygens (including phenoxy) is 2. The number of esters is 1. The first-order chi connectivity index (χ1) is 6.60. The maximum atomic E-state index is 11.3. The molecule has 1 aromatic rings. The zero-order chi connectivity index (χ0) is 10.7. The molecule has 0 aliphatic rings. The Kier molecular flexibility index (Phi) is 3.35. The lowest BCUT2D eigenvalue weighted by Crippen LogP contribution is -2.05. The molecule has 0 saturated carbocycles. The Morgan fingerprint density at radius 1 is 1.43 bits per heavy atom. The van der Waals surface area contributed by atoms with E-state index in [1.165, 1.54) is 26.4 Å². The average Bonchev–Trinajstić information content (AvgIpc) is 2.15. The third kappa shape index (κ3) is 1.98. The van der Waals surface area contributed by atoms with Crippen molar-refractivity contribution in [2.45, 2.75) is 0 Å². The minimum Gasteiger partial charge on any atom is -0.508 e. The molecule has 4 nitrogen and oxygen atoms in total. The molecule has 0 radical (unpaired) electrons. The first-order valence-electron chi connectivity index (χ1n) is 3.75. The van der Waals surface area contributed by atoms with Gasteiger partial charge in [-0.05, 0) is 22.0 Å². The Balaban J connectivity index is 3.32. The van der Waals surface area contributed by atoms with Crippen molar-refractivity contribution in [3.05, 3.63) is 22.2 Å². The van der Waals surface area contributed by atoms with E-state index in [4.69, 9.17) is 4.74 Å². The second-order valence-electron chi connectivity index (χ2n) is 2.50. The van der Waals surface area contributed by atoms with Crippen molar-refractivity contribution in [1.29, 1.82) is 0 Å². The van der Waals surface area contributed by atoms with Crippen LogP contribution in [-0.4, -0.2) is 25.3 Å². The summed E-state index contributed by atoms with van der Waals surface area (Å²) in [6, 6.07) is 2.74. The van der Waals surface area contributed by atoms with Crippen molar-refractivity contribution in [2.75, 3.05) is 14.2 Å². The quantitative estimate of drug-likeness (QED) is 0.826. The molecule has 0 bridgehead atoms. The molecule has 0 unspecified atom stereocenters. The van der Waals surface area contributed by atoms with Crippen LogP contribution in [0.1, 0.15) is 10.4 Å². The van der Waals surface area contributed by atoms with Gasteiger partial charge in [-0.1, -0.05) is 0 Å². The monoisotopic (exact) mass is 260 g/mol. The van der Waals surface area contributed by atoms with E-state index in [0.29, 0.717) is 4.47 Å². The molecule has 0 aromatic heterocycles. The van der Waals surface area contributed by atoms with Gasteiger partial charge in [0.1, 0.15) is 17.1 Å². The molecule has 0 spiro atoms. The number of hydrogen-bond donors (Lipinski definition) is 1. The lowest BCUT2D eigenvalue weighted by molar-refractivity contribution is 0.0596. The lowest BCUT2D eigenvalue weighted by atomic mass is 10.2. The van der Waals surface area contributed by atoms with Crippen LogP contribution in [-0.2, 0) is 4.74 Å². The van der Waals surface area contributed by atoms with E-state index in [1.54, 1.807) is 0 Å². The molecular formula is C9H9BrO4. The smallest absolute Gasteiger partial charge is 0.342 e. The molecule has 76 valence electrons. The van der Waals surface area contributed by atoms with Crippen LogP contribution in [0.4, 0.5) is 0 Å². The summed E-state index contributed by atoms with van der Waals surface area (Å²) < 4.78 is 9.94. The molecule has 1 N–H and O–H groups in total. The Morgan fingerprint density at radius 2 is 2.07 bits per heavy atom. The molecule has 0 aliphatic carbocycles. The van der Waals surface area contributed by atoms with Crippen molar-refractivity contribution in [3.8, 4) is 11.5 Å². The SMILES string of the molecule is COC(=O)c1c(Br)cc(O)cc1OC. The number of phenols is 1. The number of aromatic hydroxyl groups is 1. The molecule has 0 atom stereocenters. The summed E-state index contributed by atoms with van der Waals surface area (Å²) in [5, 5.41) is 9.24. The molecule has 1 aromatic carbocycles. The van der Waals surface area contributed by atoms with Gasteiger partial charge in [0, 0.05) is 10.5 Å². The fraction of sp³-hybridized carbons (Fsp3) is 0.222. The number of hydrogen-bond acceptors (Lipinski definition) is 4. The number of methoxy groups -OCH3 is 2.